The monoisotopic (exact) mass is 325 g/mol. The van der Waals surface area contributed by atoms with Crippen LogP contribution in [-0.2, 0) is 4.79 Å². The van der Waals surface area contributed by atoms with E-state index in [0.29, 0.717) is 4.47 Å². The summed E-state index contributed by atoms with van der Waals surface area (Å²) in [6, 6.07) is 3.65. The van der Waals surface area contributed by atoms with Gasteiger partial charge in [-0.1, -0.05) is 0 Å². The highest BCUT2D eigenvalue weighted by Gasteiger charge is 2.31. The summed E-state index contributed by atoms with van der Waals surface area (Å²) in [6.45, 7) is 0. The molecular formula is C10H7BrF3NO3. The highest BCUT2D eigenvalue weighted by molar-refractivity contribution is 9.10. The third kappa shape index (κ3) is 4.36. The van der Waals surface area contributed by atoms with E-state index in [0.717, 1.165) is 6.07 Å². The van der Waals surface area contributed by atoms with Gasteiger partial charge in [0.15, 0.2) is 0 Å². The number of rotatable bonds is 3. The molecule has 0 aromatic heterocycles. The number of aromatic carboxylic acids is 1. The van der Waals surface area contributed by atoms with E-state index in [-0.39, 0.29) is 11.3 Å². The van der Waals surface area contributed by atoms with E-state index in [2.05, 4.69) is 15.9 Å². The van der Waals surface area contributed by atoms with Gasteiger partial charge in [-0.25, -0.2) is 4.79 Å². The van der Waals surface area contributed by atoms with Crippen molar-refractivity contribution in [2.75, 3.05) is 5.32 Å². The lowest BCUT2D eigenvalue weighted by Crippen LogP contribution is -2.21. The first-order chi connectivity index (χ1) is 8.19. The van der Waals surface area contributed by atoms with E-state index >= 15 is 0 Å². The number of alkyl halides is 3. The molecule has 0 aliphatic heterocycles. The number of carbonyl (C=O) groups excluding carboxylic acids is 1. The fourth-order valence-corrected chi connectivity index (χ4v) is 1.48. The zero-order chi connectivity index (χ0) is 13.9. The molecule has 0 heterocycles. The summed E-state index contributed by atoms with van der Waals surface area (Å²) in [5.41, 5.74) is -0.162. The second kappa shape index (κ2) is 5.38. The van der Waals surface area contributed by atoms with Crippen molar-refractivity contribution in [1.82, 2.24) is 0 Å². The lowest BCUT2D eigenvalue weighted by atomic mass is 10.2. The molecule has 0 radical (unpaired) electrons. The number of amides is 1. The lowest BCUT2D eigenvalue weighted by molar-refractivity contribution is -0.150. The number of hydrogen-bond donors (Lipinski definition) is 2. The summed E-state index contributed by atoms with van der Waals surface area (Å²) in [5, 5.41) is 10.7. The Kier molecular flexibility index (Phi) is 4.33. The molecule has 1 aromatic carbocycles. The lowest BCUT2D eigenvalue weighted by Gasteiger charge is -2.09. The second-order valence-corrected chi connectivity index (χ2v) is 4.19. The minimum Gasteiger partial charge on any atom is -0.478 e. The Bertz CT molecular complexity index is 488. The maximum atomic E-state index is 12.0. The Labute approximate surface area is 108 Å². The molecule has 1 rings (SSSR count). The van der Waals surface area contributed by atoms with Crippen LogP contribution in [0.4, 0.5) is 18.9 Å². The average Bonchev–Trinajstić information content (AvgIpc) is 2.18. The van der Waals surface area contributed by atoms with Crippen molar-refractivity contribution >= 4 is 33.5 Å². The van der Waals surface area contributed by atoms with Gasteiger partial charge in [0.25, 0.3) is 0 Å². The van der Waals surface area contributed by atoms with Gasteiger partial charge in [0.1, 0.15) is 6.42 Å². The number of carbonyl (C=O) groups is 2. The molecular weight excluding hydrogens is 319 g/mol. The summed E-state index contributed by atoms with van der Waals surface area (Å²) in [7, 11) is 0. The summed E-state index contributed by atoms with van der Waals surface area (Å²) < 4.78 is 36.1. The van der Waals surface area contributed by atoms with Gasteiger partial charge < -0.3 is 10.4 Å². The van der Waals surface area contributed by atoms with Crippen LogP contribution in [-0.4, -0.2) is 23.2 Å². The molecule has 1 aromatic rings. The number of carboxylic acids is 1. The van der Waals surface area contributed by atoms with Crippen molar-refractivity contribution in [2.45, 2.75) is 12.6 Å². The molecule has 0 saturated heterocycles. The fraction of sp³-hybridized carbons (Fsp3) is 0.200. The van der Waals surface area contributed by atoms with Gasteiger partial charge in [-0.05, 0) is 34.1 Å². The quantitative estimate of drug-likeness (QED) is 0.897. The van der Waals surface area contributed by atoms with E-state index < -0.39 is 24.5 Å². The third-order valence-electron chi connectivity index (χ3n) is 1.85. The van der Waals surface area contributed by atoms with Crippen LogP contribution in [0.15, 0.2) is 22.7 Å². The molecule has 0 atom stereocenters. The average molecular weight is 326 g/mol. The molecule has 0 spiro atoms. The van der Waals surface area contributed by atoms with Gasteiger partial charge in [0.2, 0.25) is 5.91 Å². The van der Waals surface area contributed by atoms with Crippen molar-refractivity contribution in [3.05, 3.63) is 28.2 Å². The van der Waals surface area contributed by atoms with E-state index in [1.807, 2.05) is 5.32 Å². The van der Waals surface area contributed by atoms with E-state index in [1.165, 1.54) is 12.1 Å². The van der Waals surface area contributed by atoms with Crippen LogP contribution >= 0.6 is 15.9 Å². The first-order valence-electron chi connectivity index (χ1n) is 4.58. The Morgan fingerprint density at radius 1 is 1.33 bits per heavy atom. The number of anilines is 1. The summed E-state index contributed by atoms with van der Waals surface area (Å²) >= 11 is 3.00. The van der Waals surface area contributed by atoms with Gasteiger partial charge >= 0.3 is 12.1 Å². The molecule has 0 unspecified atom stereocenters. The fourth-order valence-electron chi connectivity index (χ4n) is 1.13. The van der Waals surface area contributed by atoms with Crippen LogP contribution in [0.25, 0.3) is 0 Å². The maximum absolute atomic E-state index is 12.0. The molecule has 0 fully saturated rings. The van der Waals surface area contributed by atoms with Gasteiger partial charge in [0.05, 0.1) is 11.3 Å². The number of nitrogens with one attached hydrogen (secondary N) is 1. The predicted molar refractivity (Wildman–Crippen MR) is 60.4 cm³/mol. The van der Waals surface area contributed by atoms with Crippen molar-refractivity contribution in [3.63, 3.8) is 0 Å². The maximum Gasteiger partial charge on any atom is 0.397 e. The first kappa shape index (κ1) is 14.5. The highest BCUT2D eigenvalue weighted by atomic mass is 79.9. The van der Waals surface area contributed by atoms with Crippen molar-refractivity contribution in [2.24, 2.45) is 0 Å². The molecule has 0 bridgehead atoms. The molecule has 0 saturated carbocycles. The van der Waals surface area contributed by atoms with Gasteiger partial charge in [-0.3, -0.25) is 4.79 Å². The van der Waals surface area contributed by atoms with Gasteiger partial charge in [-0.2, -0.15) is 13.2 Å². The minimum absolute atomic E-state index is 0.0239. The summed E-state index contributed by atoms with van der Waals surface area (Å²) in [4.78, 5) is 21.7. The van der Waals surface area contributed by atoms with Crippen LogP contribution in [0, 0.1) is 0 Å². The number of benzene rings is 1. The smallest absolute Gasteiger partial charge is 0.397 e. The normalized spacial score (nSPS) is 11.1. The molecule has 0 aliphatic rings. The van der Waals surface area contributed by atoms with Gasteiger partial charge in [-0.15, -0.1) is 0 Å². The third-order valence-corrected chi connectivity index (χ3v) is 2.54. The van der Waals surface area contributed by atoms with Crippen LogP contribution in [0.5, 0.6) is 0 Å². The Hall–Kier alpha value is -1.57. The largest absolute Gasteiger partial charge is 0.478 e. The molecule has 8 heteroatoms. The Morgan fingerprint density at radius 2 is 1.94 bits per heavy atom. The standard InChI is InChI=1S/C10H7BrF3NO3/c11-6-2-1-5(9(17)18)3-7(6)15-8(16)4-10(12,13)14/h1-3H,4H2,(H,15,16)(H,17,18). The molecule has 4 nitrogen and oxygen atoms in total. The summed E-state index contributed by atoms with van der Waals surface area (Å²) in [5.74, 6) is -2.50. The molecule has 18 heavy (non-hydrogen) atoms. The Balaban J connectivity index is 2.87. The van der Waals surface area contributed by atoms with Gasteiger partial charge in [0, 0.05) is 4.47 Å². The summed E-state index contributed by atoms with van der Waals surface area (Å²) in [6.07, 6.45) is -6.24. The highest BCUT2D eigenvalue weighted by Crippen LogP contribution is 2.25. The van der Waals surface area contributed by atoms with Crippen LogP contribution in [0.3, 0.4) is 0 Å². The topological polar surface area (TPSA) is 66.4 Å². The number of carboxylic acid groups (broad SMARTS) is 1. The molecule has 0 aliphatic carbocycles. The SMILES string of the molecule is O=C(CC(F)(F)F)Nc1cc(C(=O)O)ccc1Br. The van der Waals surface area contributed by atoms with E-state index in [1.54, 1.807) is 0 Å². The predicted octanol–water partition coefficient (Wildman–Crippen LogP) is 3.04. The van der Waals surface area contributed by atoms with Crippen molar-refractivity contribution in [1.29, 1.82) is 0 Å². The number of hydrogen-bond acceptors (Lipinski definition) is 2. The van der Waals surface area contributed by atoms with Crippen LogP contribution in [0.1, 0.15) is 16.8 Å². The van der Waals surface area contributed by atoms with Crippen molar-refractivity contribution in [3.8, 4) is 0 Å². The zero-order valence-corrected chi connectivity index (χ0v) is 10.3. The van der Waals surface area contributed by atoms with Crippen LogP contribution < -0.4 is 5.32 Å². The molecule has 98 valence electrons. The van der Waals surface area contributed by atoms with Crippen LogP contribution in [0.2, 0.25) is 0 Å². The minimum atomic E-state index is -4.61. The first-order valence-corrected chi connectivity index (χ1v) is 5.38. The number of halogens is 4. The molecule has 2 N–H and O–H groups in total. The van der Waals surface area contributed by atoms with E-state index in [4.69, 9.17) is 5.11 Å². The molecule has 1 amide bonds. The zero-order valence-electron chi connectivity index (χ0n) is 8.71. The van der Waals surface area contributed by atoms with E-state index in [9.17, 15) is 22.8 Å². The van der Waals surface area contributed by atoms with Crippen molar-refractivity contribution < 1.29 is 27.9 Å². The Morgan fingerprint density at radius 3 is 2.44 bits per heavy atom. The second-order valence-electron chi connectivity index (χ2n) is 3.34.